The molecule has 12 heavy (non-hydrogen) atoms. The van der Waals surface area contributed by atoms with Crippen molar-refractivity contribution in [3.8, 4) is 0 Å². The Labute approximate surface area is 75.7 Å². The van der Waals surface area contributed by atoms with Gasteiger partial charge in [-0.15, -0.1) is 0 Å². The third kappa shape index (κ3) is 1.85. The van der Waals surface area contributed by atoms with E-state index in [0.29, 0.717) is 6.29 Å². The second-order valence-corrected chi connectivity index (χ2v) is 2.91. The molecule has 0 unspecified atom stereocenters. The zero-order valence-electron chi connectivity index (χ0n) is 5.80. The zero-order chi connectivity index (χ0) is 9.14. The fourth-order valence-electron chi connectivity index (χ4n) is 0.669. The number of rotatable bonds is 2. The molecule has 0 aliphatic heterocycles. The molecule has 0 aromatic carbocycles. The van der Waals surface area contributed by atoms with Crippen molar-refractivity contribution < 1.29 is 13.6 Å². The average molecular weight is 236 g/mol. The molecule has 1 heterocycles. The molecule has 0 saturated heterocycles. The monoisotopic (exact) mass is 235 g/mol. The standard InChI is InChI=1S/C7H4BrF2NO/c8-5-1-4(7(9)10)2-11-6(5)3-12/h1-3,7H. The van der Waals surface area contributed by atoms with Gasteiger partial charge in [-0.2, -0.15) is 0 Å². The number of nitrogens with zero attached hydrogens (tertiary/aromatic N) is 1. The van der Waals surface area contributed by atoms with Gasteiger partial charge in [-0.3, -0.25) is 9.78 Å². The molecule has 64 valence electrons. The number of carbonyl (C=O) groups is 1. The predicted molar refractivity (Wildman–Crippen MR) is 42.3 cm³/mol. The molecule has 0 spiro atoms. The highest BCUT2D eigenvalue weighted by atomic mass is 79.9. The maximum absolute atomic E-state index is 12.0. The largest absolute Gasteiger partial charge is 0.296 e. The molecule has 1 aromatic heterocycles. The molecule has 0 bridgehead atoms. The minimum Gasteiger partial charge on any atom is -0.296 e. The Morgan fingerprint density at radius 2 is 2.25 bits per heavy atom. The van der Waals surface area contributed by atoms with Crippen molar-refractivity contribution in [2.75, 3.05) is 0 Å². The minimum absolute atomic E-state index is 0.124. The highest BCUT2D eigenvalue weighted by Gasteiger charge is 2.09. The van der Waals surface area contributed by atoms with Gasteiger partial charge in [-0.1, -0.05) is 0 Å². The maximum Gasteiger partial charge on any atom is 0.265 e. The van der Waals surface area contributed by atoms with E-state index in [0.717, 1.165) is 6.20 Å². The topological polar surface area (TPSA) is 30.0 Å². The van der Waals surface area contributed by atoms with Crippen LogP contribution in [0.25, 0.3) is 0 Å². The molecule has 1 rings (SSSR count). The first-order valence-corrected chi connectivity index (χ1v) is 3.83. The van der Waals surface area contributed by atoms with Crippen molar-refractivity contribution in [3.63, 3.8) is 0 Å². The molecule has 2 nitrogen and oxygen atoms in total. The van der Waals surface area contributed by atoms with Gasteiger partial charge in [0.2, 0.25) is 0 Å². The third-order valence-electron chi connectivity index (χ3n) is 1.25. The summed E-state index contributed by atoms with van der Waals surface area (Å²) in [5.41, 5.74) is -0.0770. The van der Waals surface area contributed by atoms with Crippen LogP contribution in [0.15, 0.2) is 16.7 Å². The van der Waals surface area contributed by atoms with Crippen LogP contribution in [-0.4, -0.2) is 11.3 Å². The van der Waals surface area contributed by atoms with Gasteiger partial charge in [0.1, 0.15) is 5.69 Å². The second kappa shape index (κ2) is 3.71. The fourth-order valence-corrected chi connectivity index (χ4v) is 1.13. The van der Waals surface area contributed by atoms with Crippen molar-refractivity contribution in [1.82, 2.24) is 4.98 Å². The average Bonchev–Trinajstić information content (AvgIpc) is 2.04. The Morgan fingerprint density at radius 1 is 1.58 bits per heavy atom. The molecule has 0 aliphatic carbocycles. The fraction of sp³-hybridized carbons (Fsp3) is 0.143. The molecular formula is C7H4BrF2NO. The van der Waals surface area contributed by atoms with Crippen molar-refractivity contribution in [2.45, 2.75) is 6.43 Å². The summed E-state index contributed by atoms with van der Waals surface area (Å²) in [6.07, 6.45) is -1.08. The molecule has 5 heteroatoms. The van der Waals surface area contributed by atoms with Crippen LogP contribution in [0.5, 0.6) is 0 Å². The molecule has 0 N–H and O–H groups in total. The number of halogens is 3. The lowest BCUT2D eigenvalue weighted by Gasteiger charge is -2.00. The van der Waals surface area contributed by atoms with E-state index in [4.69, 9.17) is 0 Å². The van der Waals surface area contributed by atoms with E-state index < -0.39 is 6.43 Å². The van der Waals surface area contributed by atoms with E-state index in [1.807, 2.05) is 0 Å². The van der Waals surface area contributed by atoms with Crippen LogP contribution in [-0.2, 0) is 0 Å². The minimum atomic E-state index is -2.56. The van der Waals surface area contributed by atoms with E-state index in [1.54, 1.807) is 0 Å². The summed E-state index contributed by atoms with van der Waals surface area (Å²) in [5.74, 6) is 0. The van der Waals surface area contributed by atoms with Crippen LogP contribution >= 0.6 is 15.9 Å². The molecule has 0 radical (unpaired) electrons. The zero-order valence-corrected chi connectivity index (χ0v) is 7.38. The van der Waals surface area contributed by atoms with Crippen molar-refractivity contribution in [2.24, 2.45) is 0 Å². The normalized spacial score (nSPS) is 10.3. The summed E-state index contributed by atoms with van der Waals surface area (Å²) < 4.78 is 24.4. The van der Waals surface area contributed by atoms with Gasteiger partial charge in [0.15, 0.2) is 6.29 Å². The van der Waals surface area contributed by atoms with Gasteiger partial charge in [0.25, 0.3) is 6.43 Å². The first kappa shape index (κ1) is 9.25. The van der Waals surface area contributed by atoms with Crippen molar-refractivity contribution in [1.29, 1.82) is 0 Å². The van der Waals surface area contributed by atoms with E-state index >= 15 is 0 Å². The van der Waals surface area contributed by atoms with Gasteiger partial charge in [0, 0.05) is 16.2 Å². The molecule has 0 saturated carbocycles. The number of carbonyl (C=O) groups excluding carboxylic acids is 1. The van der Waals surface area contributed by atoms with Gasteiger partial charge in [-0.05, 0) is 22.0 Å². The highest BCUT2D eigenvalue weighted by Crippen LogP contribution is 2.22. The lowest BCUT2D eigenvalue weighted by molar-refractivity contribution is 0.111. The summed E-state index contributed by atoms with van der Waals surface area (Å²) in [7, 11) is 0. The summed E-state index contributed by atoms with van der Waals surface area (Å²) in [6.45, 7) is 0. The van der Waals surface area contributed by atoms with E-state index in [9.17, 15) is 13.6 Å². The van der Waals surface area contributed by atoms with Crippen LogP contribution in [0, 0.1) is 0 Å². The SMILES string of the molecule is O=Cc1ncc(C(F)F)cc1Br. The van der Waals surface area contributed by atoms with Gasteiger partial charge in [-0.25, -0.2) is 8.78 Å². The molecule has 0 atom stereocenters. The Hall–Kier alpha value is -0.840. The van der Waals surface area contributed by atoms with Gasteiger partial charge in [0.05, 0.1) is 0 Å². The van der Waals surface area contributed by atoms with Crippen LogP contribution in [0.3, 0.4) is 0 Å². The van der Waals surface area contributed by atoms with Crippen LogP contribution in [0.4, 0.5) is 8.78 Å². The lowest BCUT2D eigenvalue weighted by Crippen LogP contribution is -1.92. The summed E-state index contributed by atoms with van der Waals surface area (Å²) in [6, 6.07) is 1.18. The molecule has 0 fully saturated rings. The van der Waals surface area contributed by atoms with Crippen molar-refractivity contribution in [3.05, 3.63) is 28.0 Å². The smallest absolute Gasteiger partial charge is 0.265 e. The number of hydrogen-bond acceptors (Lipinski definition) is 2. The third-order valence-corrected chi connectivity index (χ3v) is 1.89. The Balaban J connectivity index is 3.10. The first-order valence-electron chi connectivity index (χ1n) is 3.04. The Morgan fingerprint density at radius 3 is 2.67 bits per heavy atom. The lowest BCUT2D eigenvalue weighted by atomic mass is 10.2. The molecule has 1 aromatic rings. The highest BCUT2D eigenvalue weighted by molar-refractivity contribution is 9.10. The predicted octanol–water partition coefficient (Wildman–Crippen LogP) is 2.59. The molecule has 0 amide bonds. The van der Waals surface area contributed by atoms with Crippen LogP contribution in [0.1, 0.15) is 22.5 Å². The summed E-state index contributed by atoms with van der Waals surface area (Å²) in [5, 5.41) is 0. The Bertz CT molecular complexity index is 303. The number of aromatic nitrogens is 1. The number of pyridine rings is 1. The van der Waals surface area contributed by atoms with Gasteiger partial charge < -0.3 is 0 Å². The van der Waals surface area contributed by atoms with E-state index in [-0.39, 0.29) is 15.7 Å². The molecular weight excluding hydrogens is 232 g/mol. The Kier molecular flexibility index (Phi) is 2.86. The summed E-state index contributed by atoms with van der Waals surface area (Å²) in [4.78, 5) is 13.8. The van der Waals surface area contributed by atoms with Crippen molar-refractivity contribution >= 4 is 22.2 Å². The summed E-state index contributed by atoms with van der Waals surface area (Å²) >= 11 is 2.95. The van der Waals surface area contributed by atoms with Crippen LogP contribution in [0.2, 0.25) is 0 Å². The van der Waals surface area contributed by atoms with E-state index in [1.165, 1.54) is 6.07 Å². The quantitative estimate of drug-likeness (QED) is 0.738. The number of alkyl halides is 2. The second-order valence-electron chi connectivity index (χ2n) is 2.05. The van der Waals surface area contributed by atoms with E-state index in [2.05, 4.69) is 20.9 Å². The first-order chi connectivity index (χ1) is 5.65. The maximum atomic E-state index is 12.0. The molecule has 0 aliphatic rings. The van der Waals surface area contributed by atoms with Gasteiger partial charge >= 0.3 is 0 Å². The van der Waals surface area contributed by atoms with Crippen LogP contribution < -0.4 is 0 Å². The number of hydrogen-bond donors (Lipinski definition) is 0. The number of aldehydes is 1.